The molecule has 1 aromatic carbocycles. The van der Waals surface area contributed by atoms with Crippen molar-refractivity contribution in [1.29, 1.82) is 5.26 Å². The number of nitrogens with zero attached hydrogens (tertiary/aromatic N) is 1. The molecule has 3 aromatic rings. The number of benzene rings is 1. The average molecular weight is 328 g/mol. The van der Waals surface area contributed by atoms with Crippen molar-refractivity contribution >= 4 is 33.3 Å². The predicted molar refractivity (Wildman–Crippen MR) is 89.6 cm³/mol. The number of thioether (sulfide) groups is 1. The van der Waals surface area contributed by atoms with Gasteiger partial charge in [-0.05, 0) is 12.5 Å². The first-order chi connectivity index (χ1) is 10.6. The Bertz CT molecular complexity index is 951. The van der Waals surface area contributed by atoms with Crippen LogP contribution in [0.3, 0.4) is 0 Å². The fourth-order valence-corrected chi connectivity index (χ4v) is 4.50. The molecule has 4 nitrogen and oxygen atoms in total. The molecule has 0 aliphatic carbocycles. The third-order valence-corrected chi connectivity index (χ3v) is 5.74. The molecule has 2 heterocycles. The zero-order valence-corrected chi connectivity index (χ0v) is 13.3. The van der Waals surface area contributed by atoms with E-state index in [1.54, 1.807) is 0 Å². The second-order valence-corrected chi connectivity index (χ2v) is 7.14. The van der Waals surface area contributed by atoms with Crippen LogP contribution in [0, 0.1) is 18.3 Å². The molecule has 0 saturated carbocycles. The van der Waals surface area contributed by atoms with E-state index in [1.807, 2.05) is 25.1 Å². The minimum atomic E-state index is -0.408. The van der Waals surface area contributed by atoms with Crippen LogP contribution in [-0.4, -0.2) is 10.1 Å². The maximum absolute atomic E-state index is 11.5. The summed E-state index contributed by atoms with van der Waals surface area (Å²) in [5.41, 5.74) is 2.80. The normalized spacial score (nSPS) is 10.7. The number of aromatic hydroxyl groups is 1. The van der Waals surface area contributed by atoms with Crippen LogP contribution >= 0.6 is 23.1 Å². The lowest BCUT2D eigenvalue weighted by atomic mass is 10.2. The molecular formula is C16H12N2O2S2. The zero-order chi connectivity index (χ0) is 15.7. The largest absolute Gasteiger partial charge is 0.506 e. The minimum Gasteiger partial charge on any atom is -0.506 e. The molecule has 0 spiro atoms. The summed E-state index contributed by atoms with van der Waals surface area (Å²) in [6.07, 6.45) is 0. The summed E-state index contributed by atoms with van der Waals surface area (Å²) in [6, 6.07) is 11.4. The van der Waals surface area contributed by atoms with E-state index in [2.05, 4.69) is 17.1 Å². The fraction of sp³-hybridized carbons (Fsp3) is 0.125. The number of aromatic amines is 1. The van der Waals surface area contributed by atoms with E-state index in [1.165, 1.54) is 34.2 Å². The maximum Gasteiger partial charge on any atom is 0.252 e. The molecule has 0 amide bonds. The van der Waals surface area contributed by atoms with Crippen molar-refractivity contribution in [3.05, 3.63) is 57.4 Å². The first-order valence-corrected chi connectivity index (χ1v) is 8.36. The van der Waals surface area contributed by atoms with E-state index >= 15 is 0 Å². The van der Waals surface area contributed by atoms with Crippen LogP contribution in [0.25, 0.3) is 10.2 Å². The summed E-state index contributed by atoms with van der Waals surface area (Å²) < 4.78 is 1.35. The van der Waals surface area contributed by atoms with Gasteiger partial charge in [-0.2, -0.15) is 5.26 Å². The van der Waals surface area contributed by atoms with Crippen LogP contribution in [0.1, 0.15) is 16.7 Å². The SMILES string of the molecule is Cc1cccc(CSc2sc3c(O)cc(=O)[nH]c3c2C#N)c1. The molecule has 0 aliphatic heterocycles. The Hall–Kier alpha value is -2.23. The van der Waals surface area contributed by atoms with Gasteiger partial charge in [-0.25, -0.2) is 0 Å². The standard InChI is InChI=1S/C16H12N2O2S2/c1-9-3-2-4-10(5-9)8-21-16-11(7-17)14-15(22-16)12(19)6-13(20)18-14/h2-6H,8H2,1H3,(H2,18,19,20). The first kappa shape index (κ1) is 14.7. The highest BCUT2D eigenvalue weighted by atomic mass is 32.2. The lowest BCUT2D eigenvalue weighted by Crippen LogP contribution is -2.02. The Morgan fingerprint density at radius 2 is 2.23 bits per heavy atom. The van der Waals surface area contributed by atoms with Crippen molar-refractivity contribution in [2.75, 3.05) is 0 Å². The van der Waals surface area contributed by atoms with Gasteiger partial charge >= 0.3 is 0 Å². The van der Waals surface area contributed by atoms with Gasteiger partial charge in [0.15, 0.2) is 0 Å². The Morgan fingerprint density at radius 1 is 1.41 bits per heavy atom. The van der Waals surface area contributed by atoms with E-state index in [9.17, 15) is 15.2 Å². The van der Waals surface area contributed by atoms with E-state index in [0.717, 1.165) is 16.0 Å². The predicted octanol–water partition coefficient (Wildman–Crippen LogP) is 3.77. The third kappa shape index (κ3) is 2.73. The van der Waals surface area contributed by atoms with Crippen molar-refractivity contribution in [1.82, 2.24) is 4.98 Å². The summed E-state index contributed by atoms with van der Waals surface area (Å²) in [5, 5.41) is 19.2. The van der Waals surface area contributed by atoms with Gasteiger partial charge in [0.05, 0.1) is 14.4 Å². The molecule has 0 bridgehead atoms. The summed E-state index contributed by atoms with van der Waals surface area (Å²) in [4.78, 5) is 14.1. The highest BCUT2D eigenvalue weighted by Gasteiger charge is 2.16. The van der Waals surface area contributed by atoms with Gasteiger partial charge < -0.3 is 10.1 Å². The van der Waals surface area contributed by atoms with Crippen molar-refractivity contribution in [3.63, 3.8) is 0 Å². The summed E-state index contributed by atoms with van der Waals surface area (Å²) >= 11 is 2.86. The van der Waals surface area contributed by atoms with Crippen molar-refractivity contribution in [3.8, 4) is 11.8 Å². The second-order valence-electron chi connectivity index (χ2n) is 4.88. The van der Waals surface area contributed by atoms with Gasteiger partial charge in [0, 0.05) is 11.8 Å². The molecule has 2 N–H and O–H groups in total. The van der Waals surface area contributed by atoms with Crippen molar-refractivity contribution < 1.29 is 5.11 Å². The van der Waals surface area contributed by atoms with E-state index in [4.69, 9.17) is 0 Å². The first-order valence-electron chi connectivity index (χ1n) is 6.55. The molecule has 0 fully saturated rings. The molecule has 6 heteroatoms. The number of rotatable bonds is 3. The number of hydrogen-bond acceptors (Lipinski definition) is 5. The molecule has 0 unspecified atom stereocenters. The van der Waals surface area contributed by atoms with E-state index in [0.29, 0.717) is 15.8 Å². The number of nitriles is 1. The Morgan fingerprint density at radius 3 is 2.95 bits per heavy atom. The molecule has 2 aromatic heterocycles. The van der Waals surface area contributed by atoms with E-state index < -0.39 is 5.56 Å². The van der Waals surface area contributed by atoms with Crippen LogP contribution in [0.5, 0.6) is 5.75 Å². The van der Waals surface area contributed by atoms with Gasteiger partial charge in [-0.3, -0.25) is 4.79 Å². The Kier molecular flexibility index (Phi) is 3.92. The van der Waals surface area contributed by atoms with Crippen molar-refractivity contribution in [2.45, 2.75) is 16.9 Å². The maximum atomic E-state index is 11.5. The number of nitrogens with one attached hydrogen (secondary N) is 1. The molecule has 110 valence electrons. The second kappa shape index (κ2) is 5.87. The molecule has 0 saturated heterocycles. The van der Waals surface area contributed by atoms with Gasteiger partial charge in [0.2, 0.25) is 0 Å². The molecule has 22 heavy (non-hydrogen) atoms. The zero-order valence-electron chi connectivity index (χ0n) is 11.7. The van der Waals surface area contributed by atoms with Crippen LogP contribution < -0.4 is 5.56 Å². The monoisotopic (exact) mass is 328 g/mol. The molecular weight excluding hydrogens is 316 g/mol. The Balaban J connectivity index is 1.99. The topological polar surface area (TPSA) is 76.9 Å². The number of pyridine rings is 1. The van der Waals surface area contributed by atoms with Gasteiger partial charge in [-0.1, -0.05) is 29.8 Å². The van der Waals surface area contributed by atoms with Crippen LogP contribution in [0.15, 0.2) is 39.3 Å². The van der Waals surface area contributed by atoms with Crippen LogP contribution in [-0.2, 0) is 5.75 Å². The highest BCUT2D eigenvalue weighted by Crippen LogP contribution is 2.40. The average Bonchev–Trinajstić information content (AvgIpc) is 2.83. The van der Waals surface area contributed by atoms with E-state index in [-0.39, 0.29) is 5.75 Å². The quantitative estimate of drug-likeness (QED) is 0.718. The van der Waals surface area contributed by atoms with Crippen LogP contribution in [0.4, 0.5) is 0 Å². The number of thiophene rings is 1. The van der Waals surface area contributed by atoms with Crippen LogP contribution in [0.2, 0.25) is 0 Å². The van der Waals surface area contributed by atoms with Crippen molar-refractivity contribution in [2.24, 2.45) is 0 Å². The third-order valence-electron chi connectivity index (χ3n) is 3.19. The lowest BCUT2D eigenvalue weighted by molar-refractivity contribution is 0.481. The van der Waals surface area contributed by atoms with Gasteiger partial charge in [0.1, 0.15) is 17.4 Å². The number of fused-ring (bicyclic) bond motifs is 1. The fourth-order valence-electron chi connectivity index (χ4n) is 2.21. The number of hydrogen-bond donors (Lipinski definition) is 2. The smallest absolute Gasteiger partial charge is 0.252 e. The molecule has 0 atom stereocenters. The van der Waals surface area contributed by atoms with Gasteiger partial charge in [-0.15, -0.1) is 23.1 Å². The highest BCUT2D eigenvalue weighted by molar-refractivity contribution is 8.00. The number of aryl methyl sites for hydroxylation is 1. The number of aromatic nitrogens is 1. The minimum absolute atomic E-state index is 0.0809. The molecule has 0 aliphatic rings. The number of H-pyrrole nitrogens is 1. The summed E-state index contributed by atoms with van der Waals surface area (Å²) in [6.45, 7) is 2.04. The van der Waals surface area contributed by atoms with Gasteiger partial charge in [0.25, 0.3) is 5.56 Å². The lowest BCUT2D eigenvalue weighted by Gasteiger charge is -2.01. The summed E-state index contributed by atoms with van der Waals surface area (Å²) in [7, 11) is 0. The molecule has 3 rings (SSSR count). The summed E-state index contributed by atoms with van der Waals surface area (Å²) in [5.74, 6) is 0.649. The molecule has 0 radical (unpaired) electrons. The Labute approximate surface area is 135 Å².